The molecule has 0 aromatic heterocycles. The maximum atomic E-state index is 12.1. The zero-order valence-electron chi connectivity index (χ0n) is 10.9. The molecule has 1 rings (SSSR count). The van der Waals surface area contributed by atoms with E-state index in [4.69, 9.17) is 15.9 Å². The number of carboxylic acids is 2. The first-order valence-electron chi connectivity index (χ1n) is 6.28. The van der Waals surface area contributed by atoms with Crippen molar-refractivity contribution in [2.24, 2.45) is 11.1 Å². The van der Waals surface area contributed by atoms with Crippen LogP contribution in [0.2, 0.25) is 0 Å². The van der Waals surface area contributed by atoms with E-state index in [0.29, 0.717) is 6.42 Å². The molecule has 1 aliphatic rings. The Morgan fingerprint density at radius 1 is 1.42 bits per heavy atom. The molecule has 108 valence electrons. The molecule has 7 nitrogen and oxygen atoms in total. The van der Waals surface area contributed by atoms with Gasteiger partial charge in [-0.1, -0.05) is 6.42 Å². The molecule has 0 bridgehead atoms. The Bertz CT molecular complexity index is 384. The van der Waals surface area contributed by atoms with Gasteiger partial charge in [-0.15, -0.1) is 0 Å². The highest BCUT2D eigenvalue weighted by atomic mass is 16.4. The monoisotopic (exact) mass is 272 g/mol. The van der Waals surface area contributed by atoms with Crippen LogP contribution in [0.5, 0.6) is 0 Å². The Morgan fingerprint density at radius 3 is 2.47 bits per heavy atom. The summed E-state index contributed by atoms with van der Waals surface area (Å²) in [5, 5.41) is 19.9. The fourth-order valence-electron chi connectivity index (χ4n) is 2.32. The topological polar surface area (TPSA) is 130 Å². The third-order valence-corrected chi connectivity index (χ3v) is 3.80. The molecule has 1 aliphatic carbocycles. The fourth-order valence-corrected chi connectivity index (χ4v) is 2.32. The molecule has 2 unspecified atom stereocenters. The maximum Gasteiger partial charge on any atom is 0.326 e. The second kappa shape index (κ2) is 6.01. The summed E-state index contributed by atoms with van der Waals surface area (Å²) >= 11 is 0. The van der Waals surface area contributed by atoms with Gasteiger partial charge in [-0.05, 0) is 26.2 Å². The van der Waals surface area contributed by atoms with E-state index < -0.39 is 29.3 Å². The van der Waals surface area contributed by atoms with Crippen LogP contribution in [0, 0.1) is 5.41 Å². The number of aliphatic carboxylic acids is 2. The molecule has 0 aromatic rings. The average molecular weight is 272 g/mol. The van der Waals surface area contributed by atoms with Gasteiger partial charge in [0.2, 0.25) is 5.91 Å². The van der Waals surface area contributed by atoms with Gasteiger partial charge in [-0.2, -0.15) is 0 Å². The zero-order chi connectivity index (χ0) is 14.6. The van der Waals surface area contributed by atoms with E-state index >= 15 is 0 Å². The molecule has 7 heteroatoms. The van der Waals surface area contributed by atoms with Crippen molar-refractivity contribution in [3.05, 3.63) is 0 Å². The minimum absolute atomic E-state index is 0.137. The van der Waals surface area contributed by atoms with Gasteiger partial charge >= 0.3 is 11.9 Å². The summed E-state index contributed by atoms with van der Waals surface area (Å²) in [5.41, 5.74) is 5.12. The largest absolute Gasteiger partial charge is 0.481 e. The van der Waals surface area contributed by atoms with E-state index in [1.807, 2.05) is 0 Å². The van der Waals surface area contributed by atoms with E-state index in [9.17, 15) is 14.4 Å². The van der Waals surface area contributed by atoms with Crippen molar-refractivity contribution in [3.63, 3.8) is 0 Å². The Balaban J connectivity index is 2.66. The van der Waals surface area contributed by atoms with Crippen LogP contribution in [0.1, 0.15) is 39.0 Å². The number of carboxylic acid groups (broad SMARTS) is 2. The van der Waals surface area contributed by atoms with Gasteiger partial charge in [0.25, 0.3) is 0 Å². The SMILES string of the molecule is CC1(C(=O)N[C@@H](CCC(=O)O)C(=O)O)CCCC1N. The predicted octanol–water partition coefficient (Wildman–Crippen LogP) is -0.0619. The lowest BCUT2D eigenvalue weighted by atomic mass is 9.84. The number of amides is 1. The van der Waals surface area contributed by atoms with Crippen LogP contribution in [0.4, 0.5) is 0 Å². The van der Waals surface area contributed by atoms with Crippen LogP contribution in [-0.4, -0.2) is 40.1 Å². The van der Waals surface area contributed by atoms with Crippen LogP contribution in [0.3, 0.4) is 0 Å². The maximum absolute atomic E-state index is 12.1. The number of rotatable bonds is 6. The third-order valence-electron chi connectivity index (χ3n) is 3.80. The molecule has 19 heavy (non-hydrogen) atoms. The Hall–Kier alpha value is -1.63. The first-order chi connectivity index (χ1) is 8.77. The summed E-state index contributed by atoms with van der Waals surface area (Å²) in [4.78, 5) is 33.6. The molecule has 5 N–H and O–H groups in total. The highest BCUT2D eigenvalue weighted by Gasteiger charge is 2.44. The van der Waals surface area contributed by atoms with Crippen molar-refractivity contribution in [2.75, 3.05) is 0 Å². The second-order valence-electron chi connectivity index (χ2n) is 5.21. The molecule has 0 radical (unpaired) electrons. The molecule has 0 spiro atoms. The van der Waals surface area contributed by atoms with Crippen LogP contribution < -0.4 is 11.1 Å². The summed E-state index contributed by atoms with van der Waals surface area (Å²) in [6.45, 7) is 1.72. The normalized spacial score (nSPS) is 27.8. The minimum atomic E-state index is -1.23. The summed E-state index contributed by atoms with van der Waals surface area (Å²) in [5.74, 6) is -2.73. The molecule has 1 fully saturated rings. The smallest absolute Gasteiger partial charge is 0.326 e. The van der Waals surface area contributed by atoms with Crippen LogP contribution in [0.15, 0.2) is 0 Å². The summed E-state index contributed by atoms with van der Waals surface area (Å²) in [6.07, 6.45) is 1.74. The van der Waals surface area contributed by atoms with Gasteiger partial charge in [-0.3, -0.25) is 9.59 Å². The third kappa shape index (κ3) is 3.66. The van der Waals surface area contributed by atoms with E-state index in [-0.39, 0.29) is 18.9 Å². The molecule has 0 heterocycles. The van der Waals surface area contributed by atoms with Crippen molar-refractivity contribution < 1.29 is 24.6 Å². The molecular weight excluding hydrogens is 252 g/mol. The summed E-state index contributed by atoms with van der Waals surface area (Å²) in [7, 11) is 0. The van der Waals surface area contributed by atoms with Gasteiger partial charge in [0, 0.05) is 12.5 Å². The molecule has 0 aliphatic heterocycles. The van der Waals surface area contributed by atoms with Gasteiger partial charge in [0.15, 0.2) is 0 Å². The summed E-state index contributed by atoms with van der Waals surface area (Å²) < 4.78 is 0. The van der Waals surface area contributed by atoms with Crippen LogP contribution >= 0.6 is 0 Å². The van der Waals surface area contributed by atoms with E-state index in [1.165, 1.54) is 0 Å². The lowest BCUT2D eigenvalue weighted by Gasteiger charge is -2.29. The Morgan fingerprint density at radius 2 is 2.05 bits per heavy atom. The number of carbonyl (C=O) groups excluding carboxylic acids is 1. The average Bonchev–Trinajstić information content (AvgIpc) is 2.65. The van der Waals surface area contributed by atoms with Crippen molar-refractivity contribution in [1.82, 2.24) is 5.32 Å². The highest BCUT2D eigenvalue weighted by Crippen LogP contribution is 2.36. The first-order valence-corrected chi connectivity index (χ1v) is 6.28. The first kappa shape index (κ1) is 15.4. The second-order valence-corrected chi connectivity index (χ2v) is 5.21. The lowest BCUT2D eigenvalue weighted by molar-refractivity contribution is -0.145. The quantitative estimate of drug-likeness (QED) is 0.536. The number of hydrogen-bond acceptors (Lipinski definition) is 4. The highest BCUT2D eigenvalue weighted by molar-refractivity contribution is 5.88. The molecule has 1 amide bonds. The van der Waals surface area contributed by atoms with E-state index in [0.717, 1.165) is 12.8 Å². The number of nitrogens with two attached hydrogens (primary N) is 1. The van der Waals surface area contributed by atoms with Gasteiger partial charge in [0.05, 0.1) is 5.41 Å². The Kier molecular flexibility index (Phi) is 4.88. The molecule has 0 aromatic carbocycles. The van der Waals surface area contributed by atoms with Gasteiger partial charge < -0.3 is 21.3 Å². The molecule has 1 saturated carbocycles. The van der Waals surface area contributed by atoms with Crippen molar-refractivity contribution >= 4 is 17.8 Å². The number of hydrogen-bond donors (Lipinski definition) is 4. The van der Waals surface area contributed by atoms with Crippen LogP contribution in [0.25, 0.3) is 0 Å². The van der Waals surface area contributed by atoms with Crippen LogP contribution in [-0.2, 0) is 14.4 Å². The zero-order valence-corrected chi connectivity index (χ0v) is 10.9. The van der Waals surface area contributed by atoms with E-state index in [2.05, 4.69) is 5.32 Å². The standard InChI is InChI=1S/C12H20N2O5/c1-12(6-2-3-8(12)13)11(19)14-7(10(17)18)4-5-9(15)16/h7-8H,2-6,13H2,1H3,(H,14,19)(H,15,16)(H,17,18)/t7-,8?,12?/m0/s1. The predicted molar refractivity (Wildman–Crippen MR) is 66.4 cm³/mol. The van der Waals surface area contributed by atoms with Gasteiger partial charge in [-0.25, -0.2) is 4.79 Å². The van der Waals surface area contributed by atoms with Gasteiger partial charge in [0.1, 0.15) is 6.04 Å². The number of carbonyl (C=O) groups is 3. The van der Waals surface area contributed by atoms with Crippen molar-refractivity contribution in [3.8, 4) is 0 Å². The Labute approximate surface area is 111 Å². The molecule has 0 saturated heterocycles. The van der Waals surface area contributed by atoms with Crippen molar-refractivity contribution in [1.29, 1.82) is 0 Å². The molecular formula is C12H20N2O5. The van der Waals surface area contributed by atoms with Crippen molar-refractivity contribution in [2.45, 2.75) is 51.1 Å². The fraction of sp³-hybridized carbons (Fsp3) is 0.750. The molecule has 3 atom stereocenters. The minimum Gasteiger partial charge on any atom is -0.481 e. The lowest BCUT2D eigenvalue weighted by Crippen LogP contribution is -2.52. The number of nitrogens with one attached hydrogen (secondary N) is 1. The van der Waals surface area contributed by atoms with E-state index in [1.54, 1.807) is 6.92 Å². The summed E-state index contributed by atoms with van der Waals surface area (Å²) in [6, 6.07) is -1.48.